The van der Waals surface area contributed by atoms with Crippen LogP contribution in [-0.2, 0) is 4.43 Å². The van der Waals surface area contributed by atoms with E-state index in [0.29, 0.717) is 0 Å². The summed E-state index contributed by atoms with van der Waals surface area (Å²) in [7, 11) is 0. The van der Waals surface area contributed by atoms with Crippen LogP contribution in [0, 0.1) is 0 Å². The smallest absolute Gasteiger partial charge is 0.0625 e. The number of aromatic nitrogens is 1. The van der Waals surface area contributed by atoms with Crippen LogP contribution in [0.1, 0.15) is 5.56 Å². The van der Waals surface area contributed by atoms with Gasteiger partial charge < -0.3 is 4.57 Å². The Morgan fingerprint density at radius 3 is 1.79 bits per heavy atom. The second kappa shape index (κ2) is 8.53. The number of halogens is 1. The third-order valence-corrected chi connectivity index (χ3v) is 7.19. The van der Waals surface area contributed by atoms with Crippen molar-refractivity contribution in [3.8, 4) is 27.9 Å². The molecule has 0 bridgehead atoms. The van der Waals surface area contributed by atoms with Crippen molar-refractivity contribution in [3.05, 3.63) is 127 Å². The average molecular weight is 535 g/mol. The first-order chi connectivity index (χ1) is 16.3. The molecule has 0 N–H and O–H groups in total. The Morgan fingerprint density at radius 1 is 0.576 bits per heavy atom. The highest BCUT2D eigenvalue weighted by Gasteiger charge is 2.20. The van der Waals surface area contributed by atoms with Gasteiger partial charge in [-0.25, -0.2) is 0 Å². The third-order valence-electron chi connectivity index (χ3n) is 6.31. The van der Waals surface area contributed by atoms with Gasteiger partial charge in [-0.15, -0.1) is 0 Å². The first kappa shape index (κ1) is 20.3. The van der Waals surface area contributed by atoms with E-state index >= 15 is 0 Å². The zero-order chi connectivity index (χ0) is 22.2. The molecule has 6 rings (SSSR count). The van der Waals surface area contributed by atoms with E-state index < -0.39 is 0 Å². The molecule has 1 heterocycles. The first-order valence-electron chi connectivity index (χ1n) is 11.2. The summed E-state index contributed by atoms with van der Waals surface area (Å²) in [5.41, 5.74) is 10.0. The van der Waals surface area contributed by atoms with Gasteiger partial charge in [0.15, 0.2) is 0 Å². The van der Waals surface area contributed by atoms with Gasteiger partial charge in [0, 0.05) is 26.5 Å². The van der Waals surface area contributed by atoms with Gasteiger partial charge in [0.25, 0.3) is 0 Å². The standard InChI is InChI=1S/C31H22IN/c32-21-22-16-19-29-28(20-22)30-26(23-10-4-1-5-11-23)17-18-27(24-12-6-2-7-13-24)31(30)33(29)25-14-8-3-9-15-25/h1-20H,21H2. The highest BCUT2D eigenvalue weighted by Crippen LogP contribution is 2.43. The van der Waals surface area contributed by atoms with Crippen molar-refractivity contribution in [1.82, 2.24) is 4.57 Å². The Balaban J connectivity index is 1.85. The second-order valence-corrected chi connectivity index (χ2v) is 9.04. The number of alkyl halides is 1. The normalized spacial score (nSPS) is 11.3. The van der Waals surface area contributed by atoms with Crippen molar-refractivity contribution >= 4 is 44.4 Å². The minimum absolute atomic E-state index is 0.991. The molecule has 0 unspecified atom stereocenters. The fourth-order valence-electron chi connectivity index (χ4n) is 4.83. The Kier molecular flexibility index (Phi) is 5.23. The lowest BCUT2D eigenvalue weighted by Gasteiger charge is -2.13. The van der Waals surface area contributed by atoms with E-state index in [1.54, 1.807) is 0 Å². The molecule has 0 radical (unpaired) electrons. The number of rotatable bonds is 4. The summed E-state index contributed by atoms with van der Waals surface area (Å²) in [4.78, 5) is 0. The maximum absolute atomic E-state index is 2.46. The van der Waals surface area contributed by atoms with Crippen LogP contribution in [0.3, 0.4) is 0 Å². The maximum Gasteiger partial charge on any atom is 0.0625 e. The zero-order valence-electron chi connectivity index (χ0n) is 18.1. The number of fused-ring (bicyclic) bond motifs is 3. The number of hydrogen-bond acceptors (Lipinski definition) is 0. The summed E-state index contributed by atoms with van der Waals surface area (Å²) in [5, 5.41) is 2.62. The molecule has 0 spiro atoms. The summed E-state index contributed by atoms with van der Waals surface area (Å²) in [6.45, 7) is 0. The number of nitrogens with zero attached hydrogens (tertiary/aromatic N) is 1. The minimum Gasteiger partial charge on any atom is -0.309 e. The summed E-state index contributed by atoms with van der Waals surface area (Å²) in [6.07, 6.45) is 0. The molecule has 2 heteroatoms. The second-order valence-electron chi connectivity index (χ2n) is 8.27. The van der Waals surface area contributed by atoms with Crippen molar-refractivity contribution in [2.75, 3.05) is 0 Å². The number of hydrogen-bond donors (Lipinski definition) is 0. The van der Waals surface area contributed by atoms with E-state index in [1.165, 1.54) is 55.3 Å². The van der Waals surface area contributed by atoms with E-state index in [0.717, 1.165) is 4.43 Å². The first-order valence-corrected chi connectivity index (χ1v) is 12.7. The van der Waals surface area contributed by atoms with Crippen LogP contribution in [0.25, 0.3) is 49.7 Å². The number of para-hydroxylation sites is 1. The molecule has 1 aromatic heterocycles. The van der Waals surface area contributed by atoms with Crippen LogP contribution in [0.5, 0.6) is 0 Å². The maximum atomic E-state index is 2.46. The fraction of sp³-hybridized carbons (Fsp3) is 0.0323. The van der Waals surface area contributed by atoms with Crippen molar-refractivity contribution in [3.63, 3.8) is 0 Å². The van der Waals surface area contributed by atoms with E-state index in [1.807, 2.05) is 0 Å². The Labute approximate surface area is 207 Å². The van der Waals surface area contributed by atoms with Gasteiger partial charge in [-0.3, -0.25) is 0 Å². The van der Waals surface area contributed by atoms with Crippen molar-refractivity contribution in [2.24, 2.45) is 0 Å². The molecule has 5 aromatic carbocycles. The Morgan fingerprint density at radius 2 is 1.15 bits per heavy atom. The SMILES string of the molecule is ICc1ccc2c(c1)c1c(-c3ccccc3)ccc(-c3ccccc3)c1n2-c1ccccc1. The predicted molar refractivity (Wildman–Crippen MR) is 149 cm³/mol. The van der Waals surface area contributed by atoms with Crippen LogP contribution >= 0.6 is 22.6 Å². The third kappa shape index (κ3) is 3.46. The van der Waals surface area contributed by atoms with Gasteiger partial charge in [0.2, 0.25) is 0 Å². The molecule has 0 fully saturated rings. The van der Waals surface area contributed by atoms with Gasteiger partial charge >= 0.3 is 0 Å². The van der Waals surface area contributed by atoms with Crippen LogP contribution in [-0.4, -0.2) is 4.57 Å². The van der Waals surface area contributed by atoms with Gasteiger partial charge in [-0.2, -0.15) is 0 Å². The highest BCUT2D eigenvalue weighted by molar-refractivity contribution is 14.1. The van der Waals surface area contributed by atoms with E-state index in [-0.39, 0.29) is 0 Å². The summed E-state index contributed by atoms with van der Waals surface area (Å²) >= 11 is 2.46. The summed E-state index contributed by atoms with van der Waals surface area (Å²) in [5.74, 6) is 0. The lowest BCUT2D eigenvalue weighted by molar-refractivity contribution is 1.18. The molecule has 6 aromatic rings. The molecule has 0 saturated carbocycles. The van der Waals surface area contributed by atoms with Crippen LogP contribution in [0.4, 0.5) is 0 Å². The molecule has 0 aliphatic heterocycles. The van der Waals surface area contributed by atoms with Crippen molar-refractivity contribution in [2.45, 2.75) is 4.43 Å². The fourth-order valence-corrected chi connectivity index (χ4v) is 5.31. The lowest BCUT2D eigenvalue weighted by atomic mass is 9.94. The molecule has 0 aliphatic rings. The van der Waals surface area contributed by atoms with E-state index in [9.17, 15) is 0 Å². The largest absolute Gasteiger partial charge is 0.309 e. The van der Waals surface area contributed by atoms with Gasteiger partial charge in [-0.1, -0.05) is 120 Å². The molecule has 0 amide bonds. The van der Waals surface area contributed by atoms with Gasteiger partial charge in [0.1, 0.15) is 0 Å². The Bertz CT molecular complexity index is 1570. The summed E-state index contributed by atoms with van der Waals surface area (Å²) < 4.78 is 3.43. The van der Waals surface area contributed by atoms with E-state index in [4.69, 9.17) is 0 Å². The molecule has 1 nitrogen and oxygen atoms in total. The minimum atomic E-state index is 0.991. The average Bonchev–Trinajstić information content (AvgIpc) is 3.24. The monoisotopic (exact) mass is 535 g/mol. The molecule has 0 aliphatic carbocycles. The molecule has 158 valence electrons. The molecule has 0 saturated heterocycles. The molecule has 33 heavy (non-hydrogen) atoms. The molecule has 0 atom stereocenters. The van der Waals surface area contributed by atoms with Gasteiger partial charge in [-0.05, 0) is 46.5 Å². The van der Waals surface area contributed by atoms with Crippen LogP contribution in [0.15, 0.2) is 121 Å². The predicted octanol–water partition coefficient (Wildman–Crippen LogP) is 9.05. The van der Waals surface area contributed by atoms with Crippen molar-refractivity contribution < 1.29 is 0 Å². The molecular weight excluding hydrogens is 513 g/mol. The van der Waals surface area contributed by atoms with Crippen molar-refractivity contribution in [1.29, 1.82) is 0 Å². The Hall–Kier alpha value is -3.37. The summed E-state index contributed by atoms with van der Waals surface area (Å²) in [6, 6.07) is 43.7. The highest BCUT2D eigenvalue weighted by atomic mass is 127. The number of benzene rings is 5. The van der Waals surface area contributed by atoms with E-state index in [2.05, 4.69) is 148 Å². The lowest BCUT2D eigenvalue weighted by Crippen LogP contribution is -1.95. The quantitative estimate of drug-likeness (QED) is 0.157. The van der Waals surface area contributed by atoms with Crippen LogP contribution in [0.2, 0.25) is 0 Å². The topological polar surface area (TPSA) is 4.93 Å². The molecular formula is C31H22IN. The van der Waals surface area contributed by atoms with Gasteiger partial charge in [0.05, 0.1) is 11.0 Å². The zero-order valence-corrected chi connectivity index (χ0v) is 20.2. The van der Waals surface area contributed by atoms with Crippen LogP contribution < -0.4 is 0 Å².